The Kier molecular flexibility index (Phi) is 35.5. The van der Waals surface area contributed by atoms with E-state index >= 15 is 0 Å². The van der Waals surface area contributed by atoms with Crippen molar-refractivity contribution < 1.29 is 102 Å². The summed E-state index contributed by atoms with van der Waals surface area (Å²) in [7, 11) is -8.43. The van der Waals surface area contributed by atoms with Crippen LogP contribution in [-0.2, 0) is 49.5 Å². The molecule has 492 valence electrons. The highest BCUT2D eigenvalue weighted by atomic mass is 32.3. The minimum Gasteiger partial charge on any atom is -0.716 e. The molecule has 11 N–H and O–H groups in total. The highest BCUT2D eigenvalue weighted by Crippen LogP contribution is 2.18. The van der Waals surface area contributed by atoms with Gasteiger partial charge in [0, 0.05) is 69.4 Å². The van der Waals surface area contributed by atoms with Crippen LogP contribution in [0.4, 0.5) is 0 Å². The summed E-state index contributed by atoms with van der Waals surface area (Å²) in [5, 5.41) is 37.2. The number of benzene rings is 6. The molecular weight excluding hydrogens is 1240 g/mol. The van der Waals surface area contributed by atoms with E-state index in [1.807, 2.05) is 0 Å². The molecular formula is C62H68N6O22S2-2. The van der Waals surface area contributed by atoms with E-state index in [0.717, 1.165) is 36.7 Å². The van der Waals surface area contributed by atoms with Crippen LogP contribution in [-0.4, -0.2) is 135 Å². The van der Waals surface area contributed by atoms with Crippen LogP contribution >= 0.6 is 0 Å². The van der Waals surface area contributed by atoms with Gasteiger partial charge in [0.05, 0.1) is 12.7 Å². The number of carbonyl (C=O) groups is 8. The van der Waals surface area contributed by atoms with Gasteiger partial charge in [-0.3, -0.25) is 28.8 Å². The molecule has 0 spiro atoms. The van der Waals surface area contributed by atoms with Crippen LogP contribution in [0.15, 0.2) is 164 Å². The second kappa shape index (κ2) is 42.2. The standard InChI is InChI=1S/C21H22N2O5.C19H20N2O10S2.C11H10O4.C8H8O3.C3H10N2/c1-15(24)28-19-10-3-16(4-11-19)5-12-20(26)22-13-2-14-23-21(27)17-6-8-18(25)9-7-17;22-18(11-4-14-2-7-16(8-3-14)30-32(24,25)26)20-12-1-13-21-19(23)15-5-9-17(10-6-15)31-33(27,28)29;1-8(12)15-10-5-2-9(3-6-10)4-7-11(13)14;1-11-8(10)6-2-4-7(9)5-3-6;4-2-1-3-5/h3-12,25H,2,13-14H2,1H3,(H,22,26)(H,23,27);2-11H,1,12-13H2,(H,20,22)(H,21,23)(H,24,25,26)(H,27,28,29);2-7H,1H3,(H,13,14);2-5,9H,1H3;1-5H2/p-2/b12-5+;11-4+;7-4+;;. The highest BCUT2D eigenvalue weighted by molar-refractivity contribution is 7.81. The highest BCUT2D eigenvalue weighted by Gasteiger charge is 2.09. The van der Waals surface area contributed by atoms with Crippen LogP contribution in [0, 0.1) is 0 Å². The number of carboxylic acid groups (broad SMARTS) is 1. The Morgan fingerprint density at radius 3 is 1.05 bits per heavy atom. The van der Waals surface area contributed by atoms with E-state index in [1.165, 1.54) is 142 Å². The SMILES string of the molecule is CC(=O)Oc1ccc(/C=C/C(=O)NCCCNC(=O)c2ccc(O)cc2)cc1.CC(=O)Oc1ccc(/C=C/C(=O)O)cc1.COC(=O)c1ccc(O)cc1.NCCCN.O=C(/C=C/c1ccc(OS(=O)(=O)[O-])cc1)NCCCNC(=O)c1ccc(OS(=O)(=O)[O-])cc1. The van der Waals surface area contributed by atoms with Crippen molar-refractivity contribution in [3.05, 3.63) is 197 Å². The number of hydrogen-bond donors (Lipinski definition) is 9. The summed E-state index contributed by atoms with van der Waals surface area (Å²) in [5.41, 5.74) is 13.3. The van der Waals surface area contributed by atoms with Crippen molar-refractivity contribution in [2.45, 2.75) is 33.1 Å². The second-order valence-electron chi connectivity index (χ2n) is 18.1. The number of phenols is 2. The summed E-state index contributed by atoms with van der Waals surface area (Å²) >= 11 is 0. The third-order valence-corrected chi connectivity index (χ3v) is 11.4. The molecule has 0 saturated carbocycles. The van der Waals surface area contributed by atoms with Crippen LogP contribution in [0.2, 0.25) is 0 Å². The van der Waals surface area contributed by atoms with Gasteiger partial charge in [0.15, 0.2) is 0 Å². The fourth-order valence-corrected chi connectivity index (χ4v) is 7.13. The summed E-state index contributed by atoms with van der Waals surface area (Å²) in [6.07, 6.45) is 10.2. The van der Waals surface area contributed by atoms with Crippen molar-refractivity contribution in [2.75, 3.05) is 46.4 Å². The zero-order valence-corrected chi connectivity index (χ0v) is 51.4. The topological polar surface area (TPSA) is 458 Å². The molecule has 0 aromatic heterocycles. The third kappa shape index (κ3) is 37.2. The first-order valence-corrected chi connectivity index (χ1v) is 29.8. The van der Waals surface area contributed by atoms with E-state index in [9.17, 15) is 69.4 Å². The summed E-state index contributed by atoms with van der Waals surface area (Å²) in [6, 6.07) is 35.5. The van der Waals surface area contributed by atoms with Crippen molar-refractivity contribution in [3.63, 3.8) is 0 Å². The van der Waals surface area contributed by atoms with Gasteiger partial charge in [0.25, 0.3) is 32.6 Å². The van der Waals surface area contributed by atoms with E-state index in [0.29, 0.717) is 54.1 Å². The Balaban J connectivity index is 0.000000436. The van der Waals surface area contributed by atoms with Gasteiger partial charge in [-0.05, 0) is 176 Å². The number of rotatable bonds is 25. The van der Waals surface area contributed by atoms with Crippen LogP contribution in [0.3, 0.4) is 0 Å². The number of methoxy groups -OCH3 is 1. The maximum absolute atomic E-state index is 12.0. The van der Waals surface area contributed by atoms with Gasteiger partial charge in [0.1, 0.15) is 34.5 Å². The zero-order valence-electron chi connectivity index (χ0n) is 49.8. The van der Waals surface area contributed by atoms with Crippen molar-refractivity contribution in [2.24, 2.45) is 11.5 Å². The second-order valence-corrected chi connectivity index (χ2v) is 20.0. The van der Waals surface area contributed by atoms with Crippen LogP contribution < -0.4 is 50.6 Å². The molecule has 28 nitrogen and oxygen atoms in total. The Labute approximate surface area is 530 Å². The van der Waals surface area contributed by atoms with Crippen molar-refractivity contribution >= 4 is 86.5 Å². The Bertz CT molecular complexity index is 3640. The summed E-state index contributed by atoms with van der Waals surface area (Å²) in [4.78, 5) is 90.0. The number of phenolic OH excluding ortho intramolecular Hbond substituents is 2. The molecule has 0 saturated heterocycles. The lowest BCUT2D eigenvalue weighted by Crippen LogP contribution is -2.29. The Morgan fingerprint density at radius 2 is 0.750 bits per heavy atom. The molecule has 0 unspecified atom stereocenters. The van der Waals surface area contributed by atoms with Crippen LogP contribution in [0.1, 0.15) is 80.9 Å². The number of carbonyl (C=O) groups excluding carboxylic acids is 7. The van der Waals surface area contributed by atoms with Crippen molar-refractivity contribution in [1.29, 1.82) is 0 Å². The quantitative estimate of drug-likeness (QED) is 0.00931. The number of esters is 3. The summed E-state index contributed by atoms with van der Waals surface area (Å²) in [5.74, 6) is -2.70. The Morgan fingerprint density at radius 1 is 0.446 bits per heavy atom. The molecule has 6 aromatic rings. The lowest BCUT2D eigenvalue weighted by molar-refractivity contribution is -0.132. The normalized spacial score (nSPS) is 10.6. The average molecular weight is 1310 g/mol. The molecule has 4 amide bonds. The molecule has 92 heavy (non-hydrogen) atoms. The van der Waals surface area contributed by atoms with E-state index in [2.05, 4.69) is 34.4 Å². The van der Waals surface area contributed by atoms with E-state index < -0.39 is 44.6 Å². The predicted molar refractivity (Wildman–Crippen MR) is 334 cm³/mol. The van der Waals surface area contributed by atoms with Gasteiger partial charge in [-0.1, -0.05) is 36.4 Å². The third-order valence-electron chi connectivity index (χ3n) is 10.7. The number of aliphatic carboxylic acids is 1. The first kappa shape index (κ1) is 77.3. The summed E-state index contributed by atoms with van der Waals surface area (Å²) in [6.45, 7) is 5.44. The Hall–Kier alpha value is -10.8. The maximum Gasteiger partial charge on any atom is 0.337 e. The number of carboxylic acids is 1. The average Bonchev–Trinajstić information content (AvgIpc) is 2.62. The number of nitrogens with two attached hydrogens (primary N) is 2. The molecule has 30 heteroatoms. The molecule has 6 aromatic carbocycles. The van der Waals surface area contributed by atoms with Gasteiger partial charge in [-0.2, -0.15) is 0 Å². The molecule has 0 atom stereocenters. The van der Waals surface area contributed by atoms with E-state index in [-0.39, 0.29) is 65.4 Å². The van der Waals surface area contributed by atoms with Crippen molar-refractivity contribution in [1.82, 2.24) is 21.3 Å². The van der Waals surface area contributed by atoms with Crippen LogP contribution in [0.5, 0.6) is 34.5 Å². The predicted octanol–water partition coefficient (Wildman–Crippen LogP) is 4.76. The fraction of sp³-hybridized carbons (Fsp3) is 0.194. The van der Waals surface area contributed by atoms with E-state index in [4.69, 9.17) is 31.2 Å². The number of ether oxygens (including phenoxy) is 3. The molecule has 0 fully saturated rings. The molecule has 6 rings (SSSR count). The zero-order chi connectivity index (χ0) is 68.5. The molecule has 0 bridgehead atoms. The molecule has 0 heterocycles. The molecule has 0 aliphatic heterocycles. The minimum atomic E-state index is -4.89. The van der Waals surface area contributed by atoms with Gasteiger partial charge >= 0.3 is 23.9 Å². The van der Waals surface area contributed by atoms with Gasteiger partial charge < -0.3 is 79.7 Å². The lowest BCUT2D eigenvalue weighted by Gasteiger charge is -2.09. The first-order chi connectivity index (χ1) is 43.6. The smallest absolute Gasteiger partial charge is 0.337 e. The van der Waals surface area contributed by atoms with Gasteiger partial charge in [-0.25, -0.2) is 26.4 Å². The molecule has 0 radical (unpaired) electrons. The lowest BCUT2D eigenvalue weighted by atomic mass is 10.2. The van der Waals surface area contributed by atoms with Crippen LogP contribution in [0.25, 0.3) is 18.2 Å². The van der Waals surface area contributed by atoms with Crippen molar-refractivity contribution in [3.8, 4) is 34.5 Å². The number of aromatic hydroxyl groups is 2. The molecule has 0 aliphatic carbocycles. The largest absolute Gasteiger partial charge is 0.716 e. The monoisotopic (exact) mass is 1310 g/mol. The first-order valence-electron chi connectivity index (χ1n) is 27.1. The fourth-order valence-electron chi connectivity index (χ4n) is 6.44. The minimum absolute atomic E-state index is 0.104. The van der Waals surface area contributed by atoms with E-state index in [1.54, 1.807) is 54.6 Å². The summed E-state index contributed by atoms with van der Waals surface area (Å²) < 4.78 is 85.6. The molecule has 0 aliphatic rings. The number of hydrogen-bond acceptors (Lipinski definition) is 23. The maximum atomic E-state index is 12.0. The number of amides is 4. The van der Waals surface area contributed by atoms with Gasteiger partial charge in [0.2, 0.25) is 11.8 Å². The van der Waals surface area contributed by atoms with Gasteiger partial charge in [-0.15, -0.1) is 0 Å². The number of nitrogens with one attached hydrogen (secondary N) is 4.